The molecule has 4 nitrogen and oxygen atoms in total. The molecule has 0 radical (unpaired) electrons. The Morgan fingerprint density at radius 1 is 1.19 bits per heavy atom. The highest BCUT2D eigenvalue weighted by Crippen LogP contribution is 2.14. The summed E-state index contributed by atoms with van der Waals surface area (Å²) in [5.74, 6) is 0. The van der Waals surface area contributed by atoms with Crippen LogP contribution in [0.2, 0.25) is 6.82 Å². The van der Waals surface area contributed by atoms with Crippen LogP contribution < -0.4 is 11.1 Å². The van der Waals surface area contributed by atoms with Crippen LogP contribution in [0.5, 0.6) is 0 Å². The van der Waals surface area contributed by atoms with Gasteiger partial charge in [0.15, 0.2) is 0 Å². The molecular weight excluding hydrogens is 263 g/mol. The van der Waals surface area contributed by atoms with Gasteiger partial charge in [-0.15, -0.1) is 0 Å². The average molecular weight is 294 g/mol. The van der Waals surface area contributed by atoms with E-state index in [4.69, 9.17) is 15.8 Å². The predicted octanol–water partition coefficient (Wildman–Crippen LogP) is 2.16. The molecule has 0 saturated heterocycles. The van der Waals surface area contributed by atoms with Crippen LogP contribution in [0.25, 0.3) is 0 Å². The molecule has 1 atom stereocenters. The molecule has 21 heavy (non-hydrogen) atoms. The van der Waals surface area contributed by atoms with Crippen LogP contribution in [-0.2, 0) is 6.54 Å². The fraction of sp³-hybridized carbons (Fsp3) is 0.625. The summed E-state index contributed by atoms with van der Waals surface area (Å²) in [6.07, 6.45) is 4.62. The molecule has 1 aromatic rings. The molecule has 0 spiro atoms. The fourth-order valence-electron chi connectivity index (χ4n) is 1.91. The van der Waals surface area contributed by atoms with Crippen molar-refractivity contribution >= 4 is 7.12 Å². The van der Waals surface area contributed by atoms with Crippen molar-refractivity contribution in [1.29, 1.82) is 0 Å². The predicted molar refractivity (Wildman–Crippen MR) is 90.9 cm³/mol. The van der Waals surface area contributed by atoms with E-state index < -0.39 is 7.12 Å². The first kappa shape index (κ1) is 20.1. The minimum Gasteiger partial charge on any atom is -0.427 e. The monoisotopic (exact) mass is 294 g/mol. The maximum Gasteiger partial charge on any atom is 0.448 e. The number of unbranched alkanes of at least 4 members (excludes halogenated alkanes) is 1. The molecule has 0 fully saturated rings. The van der Waals surface area contributed by atoms with E-state index in [1.54, 1.807) is 0 Å². The smallest absolute Gasteiger partial charge is 0.427 e. The third kappa shape index (κ3) is 13.8. The van der Waals surface area contributed by atoms with Gasteiger partial charge >= 0.3 is 7.12 Å². The molecule has 1 aromatic carbocycles. The van der Waals surface area contributed by atoms with Crippen molar-refractivity contribution in [2.75, 3.05) is 6.54 Å². The molecule has 1 rings (SSSR count). The maximum absolute atomic E-state index is 7.61. The average Bonchev–Trinajstić information content (AvgIpc) is 2.42. The number of hydrogen-bond acceptors (Lipinski definition) is 4. The van der Waals surface area contributed by atoms with Gasteiger partial charge in [-0.3, -0.25) is 0 Å². The molecule has 0 aliphatic rings. The number of benzene rings is 1. The van der Waals surface area contributed by atoms with Gasteiger partial charge in [-0.2, -0.15) is 0 Å². The van der Waals surface area contributed by atoms with Crippen molar-refractivity contribution in [3.05, 3.63) is 35.9 Å². The summed E-state index contributed by atoms with van der Waals surface area (Å²) in [7, 11) is -1.17. The lowest BCUT2D eigenvalue weighted by Crippen LogP contribution is -2.39. The molecule has 0 heterocycles. The van der Waals surface area contributed by atoms with Crippen molar-refractivity contribution < 1.29 is 10.0 Å². The zero-order valence-corrected chi connectivity index (χ0v) is 13.7. The van der Waals surface area contributed by atoms with E-state index in [2.05, 4.69) is 43.4 Å². The minimum absolute atomic E-state index is 0.0142. The zero-order chi connectivity index (χ0) is 16.1. The molecule has 1 unspecified atom stereocenters. The SMILES string of the molecule is CB(O)O.CCCCC(C)(N)CCNCc1ccccc1. The third-order valence-corrected chi connectivity index (χ3v) is 3.15. The highest BCUT2D eigenvalue weighted by molar-refractivity contribution is 6.38. The van der Waals surface area contributed by atoms with E-state index >= 15 is 0 Å². The molecule has 0 amide bonds. The minimum atomic E-state index is -1.17. The van der Waals surface area contributed by atoms with Crippen LogP contribution in [0.15, 0.2) is 30.3 Å². The first-order valence-electron chi connectivity index (χ1n) is 7.77. The van der Waals surface area contributed by atoms with Crippen LogP contribution in [-0.4, -0.2) is 29.3 Å². The Morgan fingerprint density at radius 2 is 1.76 bits per heavy atom. The standard InChI is InChI=1S/C15H26N2.CH5BO2/c1-3-4-10-15(2,16)11-12-17-13-14-8-6-5-7-9-14;1-2(3)4/h5-9,17H,3-4,10-13,16H2,1-2H3;3-4H,1H3. The number of nitrogens with two attached hydrogens (primary N) is 1. The Hall–Kier alpha value is -0.875. The summed E-state index contributed by atoms with van der Waals surface area (Å²) in [6, 6.07) is 10.5. The molecular formula is C16H31BN2O2. The summed E-state index contributed by atoms with van der Waals surface area (Å²) in [5.41, 5.74) is 7.56. The molecule has 5 N–H and O–H groups in total. The molecule has 0 aliphatic carbocycles. The number of rotatable bonds is 8. The van der Waals surface area contributed by atoms with Crippen LogP contribution >= 0.6 is 0 Å². The lowest BCUT2D eigenvalue weighted by atomic mass is 9.92. The van der Waals surface area contributed by atoms with Gasteiger partial charge in [0.2, 0.25) is 0 Å². The van der Waals surface area contributed by atoms with Gasteiger partial charge in [-0.05, 0) is 38.7 Å². The van der Waals surface area contributed by atoms with E-state index in [9.17, 15) is 0 Å². The molecule has 0 aliphatic heterocycles. The van der Waals surface area contributed by atoms with E-state index in [1.165, 1.54) is 25.2 Å². The second-order valence-electron chi connectivity index (χ2n) is 5.80. The van der Waals surface area contributed by atoms with Crippen molar-refractivity contribution in [1.82, 2.24) is 5.32 Å². The van der Waals surface area contributed by atoms with Gasteiger partial charge in [0.1, 0.15) is 0 Å². The van der Waals surface area contributed by atoms with Crippen molar-refractivity contribution in [3.8, 4) is 0 Å². The highest BCUT2D eigenvalue weighted by atomic mass is 16.4. The van der Waals surface area contributed by atoms with Gasteiger partial charge < -0.3 is 21.1 Å². The Morgan fingerprint density at radius 3 is 2.29 bits per heavy atom. The zero-order valence-electron chi connectivity index (χ0n) is 13.7. The van der Waals surface area contributed by atoms with Crippen LogP contribution in [0, 0.1) is 0 Å². The summed E-state index contributed by atoms with van der Waals surface area (Å²) in [6.45, 7) is 7.58. The van der Waals surface area contributed by atoms with Gasteiger partial charge in [0.05, 0.1) is 0 Å². The summed E-state index contributed by atoms with van der Waals surface area (Å²) < 4.78 is 0. The van der Waals surface area contributed by atoms with Crippen molar-refractivity contribution in [2.45, 2.75) is 58.4 Å². The van der Waals surface area contributed by atoms with Crippen LogP contribution in [0.3, 0.4) is 0 Å². The van der Waals surface area contributed by atoms with Crippen molar-refractivity contribution in [3.63, 3.8) is 0 Å². The first-order valence-corrected chi connectivity index (χ1v) is 7.77. The maximum atomic E-state index is 7.61. The van der Waals surface area contributed by atoms with Crippen LogP contribution in [0.1, 0.15) is 45.1 Å². The fourth-order valence-corrected chi connectivity index (χ4v) is 1.91. The van der Waals surface area contributed by atoms with E-state index in [1.807, 2.05) is 6.07 Å². The van der Waals surface area contributed by atoms with Gasteiger partial charge in [0, 0.05) is 12.1 Å². The Balaban J connectivity index is 0.000000885. The molecule has 120 valence electrons. The van der Waals surface area contributed by atoms with Gasteiger partial charge in [0.25, 0.3) is 0 Å². The molecule has 0 bridgehead atoms. The lowest BCUT2D eigenvalue weighted by Gasteiger charge is -2.24. The van der Waals surface area contributed by atoms with E-state index in [-0.39, 0.29) is 5.54 Å². The molecule has 5 heteroatoms. The van der Waals surface area contributed by atoms with E-state index in [0.29, 0.717) is 0 Å². The normalized spacial score (nSPS) is 13.0. The van der Waals surface area contributed by atoms with Crippen molar-refractivity contribution in [2.24, 2.45) is 5.73 Å². The number of hydrogen-bond donors (Lipinski definition) is 4. The van der Waals surface area contributed by atoms with Gasteiger partial charge in [-0.25, -0.2) is 0 Å². The molecule has 0 aromatic heterocycles. The van der Waals surface area contributed by atoms with Gasteiger partial charge in [-0.1, -0.05) is 50.1 Å². The number of nitrogens with one attached hydrogen (secondary N) is 1. The second-order valence-corrected chi connectivity index (χ2v) is 5.80. The Bertz CT molecular complexity index is 343. The van der Waals surface area contributed by atoms with Crippen LogP contribution in [0.4, 0.5) is 0 Å². The summed E-state index contributed by atoms with van der Waals surface area (Å²) in [5, 5.41) is 18.7. The highest BCUT2D eigenvalue weighted by Gasteiger charge is 2.16. The van der Waals surface area contributed by atoms with E-state index in [0.717, 1.165) is 25.9 Å². The Labute approximate surface area is 129 Å². The third-order valence-electron chi connectivity index (χ3n) is 3.15. The quantitative estimate of drug-likeness (QED) is 0.438. The topological polar surface area (TPSA) is 78.5 Å². The first-order chi connectivity index (χ1) is 9.87. The Kier molecular flexibility index (Phi) is 11.3. The largest absolute Gasteiger partial charge is 0.448 e. The second kappa shape index (κ2) is 11.7. The summed E-state index contributed by atoms with van der Waals surface area (Å²) >= 11 is 0. The summed E-state index contributed by atoms with van der Waals surface area (Å²) in [4.78, 5) is 0. The lowest BCUT2D eigenvalue weighted by molar-refractivity contribution is 0.378. The molecule has 0 saturated carbocycles.